The molecule has 1 aliphatic carbocycles. The van der Waals surface area contributed by atoms with Gasteiger partial charge < -0.3 is 9.84 Å². The summed E-state index contributed by atoms with van der Waals surface area (Å²) in [5.74, 6) is 2.70. The van der Waals surface area contributed by atoms with Crippen LogP contribution in [0.2, 0.25) is 0 Å². The van der Waals surface area contributed by atoms with Crippen LogP contribution in [0.5, 0.6) is 0 Å². The van der Waals surface area contributed by atoms with E-state index < -0.39 is 0 Å². The molecular formula is C15H17N3O. The van der Waals surface area contributed by atoms with E-state index in [2.05, 4.69) is 39.7 Å². The van der Waals surface area contributed by atoms with E-state index in [0.29, 0.717) is 11.8 Å². The van der Waals surface area contributed by atoms with Gasteiger partial charge in [-0.3, -0.25) is 0 Å². The zero-order chi connectivity index (χ0) is 12.7. The average molecular weight is 255 g/mol. The van der Waals surface area contributed by atoms with Gasteiger partial charge in [-0.15, -0.1) is 0 Å². The number of para-hydroxylation sites is 1. The zero-order valence-electron chi connectivity index (χ0n) is 10.8. The van der Waals surface area contributed by atoms with Gasteiger partial charge in [-0.25, -0.2) is 0 Å². The third kappa shape index (κ3) is 1.91. The van der Waals surface area contributed by atoms with E-state index in [1.165, 1.54) is 30.5 Å². The Balaban J connectivity index is 1.51. The maximum absolute atomic E-state index is 5.41. The summed E-state index contributed by atoms with van der Waals surface area (Å²) in [7, 11) is 0. The highest BCUT2D eigenvalue weighted by molar-refractivity contribution is 5.57. The molecule has 4 rings (SSSR count). The fourth-order valence-electron chi connectivity index (χ4n) is 2.93. The van der Waals surface area contributed by atoms with Gasteiger partial charge in [0.05, 0.1) is 0 Å². The Labute approximate surface area is 112 Å². The van der Waals surface area contributed by atoms with E-state index in [4.69, 9.17) is 4.52 Å². The Morgan fingerprint density at radius 3 is 3.00 bits per heavy atom. The summed E-state index contributed by atoms with van der Waals surface area (Å²) in [4.78, 5) is 4.56. The summed E-state index contributed by atoms with van der Waals surface area (Å²) in [6.07, 6.45) is 4.57. The van der Waals surface area contributed by atoms with Crippen molar-refractivity contribution in [1.82, 2.24) is 10.1 Å². The number of aromatic nitrogens is 2. The van der Waals surface area contributed by atoms with E-state index >= 15 is 0 Å². The number of rotatable bonds is 3. The molecule has 0 radical (unpaired) electrons. The summed E-state index contributed by atoms with van der Waals surface area (Å²) < 4.78 is 5.41. The lowest BCUT2D eigenvalue weighted by Crippen LogP contribution is -2.10. The molecule has 2 aliphatic rings. The Morgan fingerprint density at radius 2 is 2.16 bits per heavy atom. The van der Waals surface area contributed by atoms with E-state index in [1.807, 2.05) is 0 Å². The van der Waals surface area contributed by atoms with Gasteiger partial charge in [0.25, 0.3) is 0 Å². The molecule has 0 saturated heterocycles. The number of hydrogen-bond acceptors (Lipinski definition) is 4. The highest BCUT2D eigenvalue weighted by Gasteiger charge is 2.27. The van der Waals surface area contributed by atoms with Crippen molar-refractivity contribution < 1.29 is 4.52 Å². The lowest BCUT2D eigenvalue weighted by Gasteiger charge is -2.20. The van der Waals surface area contributed by atoms with Crippen LogP contribution in [0.3, 0.4) is 0 Å². The molecule has 19 heavy (non-hydrogen) atoms. The fraction of sp³-hybridized carbons (Fsp3) is 0.467. The Morgan fingerprint density at radius 1 is 1.26 bits per heavy atom. The van der Waals surface area contributed by atoms with Gasteiger partial charge in [-0.05, 0) is 24.5 Å². The highest BCUT2D eigenvalue weighted by atomic mass is 16.5. The average Bonchev–Trinajstić information content (AvgIpc) is 2.96. The number of nitrogens with zero attached hydrogens (tertiary/aromatic N) is 2. The number of benzene rings is 1. The predicted molar refractivity (Wildman–Crippen MR) is 72.3 cm³/mol. The molecule has 98 valence electrons. The minimum Gasteiger partial charge on any atom is -0.384 e. The predicted octanol–water partition coefficient (Wildman–Crippen LogP) is 3.09. The van der Waals surface area contributed by atoms with Crippen LogP contribution in [0.25, 0.3) is 0 Å². The van der Waals surface area contributed by atoms with Gasteiger partial charge in [0.15, 0.2) is 5.82 Å². The highest BCUT2D eigenvalue weighted by Crippen LogP contribution is 2.36. The summed E-state index contributed by atoms with van der Waals surface area (Å²) in [6, 6.07) is 8.47. The van der Waals surface area contributed by atoms with Crippen molar-refractivity contribution in [2.45, 2.75) is 37.5 Å². The second-order valence-corrected chi connectivity index (χ2v) is 5.54. The topological polar surface area (TPSA) is 51.0 Å². The Kier molecular flexibility index (Phi) is 2.53. The van der Waals surface area contributed by atoms with Crippen LogP contribution in [0, 0.1) is 0 Å². The number of fused-ring (bicyclic) bond motifs is 1. The summed E-state index contributed by atoms with van der Waals surface area (Å²) in [5, 5.41) is 7.56. The molecule has 0 bridgehead atoms. The summed E-state index contributed by atoms with van der Waals surface area (Å²) >= 11 is 0. The van der Waals surface area contributed by atoms with Crippen molar-refractivity contribution in [3.8, 4) is 0 Å². The summed E-state index contributed by atoms with van der Waals surface area (Å²) in [6.45, 7) is 0.959. The maximum atomic E-state index is 5.41. The molecule has 4 heteroatoms. The van der Waals surface area contributed by atoms with Crippen LogP contribution in [0.4, 0.5) is 5.69 Å². The van der Waals surface area contributed by atoms with E-state index in [9.17, 15) is 0 Å². The first-order valence-electron chi connectivity index (χ1n) is 7.05. The van der Waals surface area contributed by atoms with Gasteiger partial charge >= 0.3 is 0 Å². The van der Waals surface area contributed by atoms with E-state index in [0.717, 1.165) is 24.7 Å². The van der Waals surface area contributed by atoms with Crippen LogP contribution in [0.1, 0.15) is 48.4 Å². The van der Waals surface area contributed by atoms with Crippen LogP contribution >= 0.6 is 0 Å². The third-order valence-corrected chi connectivity index (χ3v) is 4.31. The molecule has 1 unspecified atom stereocenters. The number of hydrogen-bond donors (Lipinski definition) is 1. The molecule has 4 nitrogen and oxygen atoms in total. The van der Waals surface area contributed by atoms with Gasteiger partial charge in [0, 0.05) is 30.5 Å². The molecule has 1 aromatic heterocycles. The normalized spacial score (nSPS) is 21.8. The van der Waals surface area contributed by atoms with Gasteiger partial charge in [0.1, 0.15) is 0 Å². The van der Waals surface area contributed by atoms with Gasteiger partial charge in [-0.1, -0.05) is 29.8 Å². The molecule has 0 amide bonds. The van der Waals surface area contributed by atoms with Crippen molar-refractivity contribution in [1.29, 1.82) is 0 Å². The van der Waals surface area contributed by atoms with E-state index in [1.54, 1.807) is 0 Å². The number of anilines is 1. The molecular weight excluding hydrogens is 238 g/mol. The maximum Gasteiger partial charge on any atom is 0.227 e. The van der Waals surface area contributed by atoms with Crippen molar-refractivity contribution in [3.05, 3.63) is 41.5 Å². The minimum atomic E-state index is 0.450. The smallest absolute Gasteiger partial charge is 0.227 e. The van der Waals surface area contributed by atoms with Crippen molar-refractivity contribution in [2.75, 3.05) is 11.9 Å². The minimum absolute atomic E-state index is 0.450. The third-order valence-electron chi connectivity index (χ3n) is 4.31. The largest absolute Gasteiger partial charge is 0.384 e. The molecule has 1 atom stereocenters. The fourth-order valence-corrected chi connectivity index (χ4v) is 2.93. The SMILES string of the molecule is c1ccc2c(c1)NCC2Cc1nc(C2CCC2)no1. The molecule has 1 aromatic carbocycles. The van der Waals surface area contributed by atoms with Gasteiger partial charge in [-0.2, -0.15) is 4.98 Å². The quantitative estimate of drug-likeness (QED) is 0.915. The van der Waals surface area contributed by atoms with Crippen LogP contribution in [0.15, 0.2) is 28.8 Å². The van der Waals surface area contributed by atoms with Crippen LogP contribution in [-0.4, -0.2) is 16.7 Å². The molecule has 1 aliphatic heterocycles. The molecule has 2 heterocycles. The van der Waals surface area contributed by atoms with E-state index in [-0.39, 0.29) is 0 Å². The monoisotopic (exact) mass is 255 g/mol. The molecule has 1 saturated carbocycles. The first-order chi connectivity index (χ1) is 9.40. The Hall–Kier alpha value is -1.84. The first-order valence-corrected chi connectivity index (χ1v) is 7.05. The Bertz CT molecular complexity index is 589. The summed E-state index contributed by atoms with van der Waals surface area (Å²) in [5.41, 5.74) is 2.61. The lowest BCUT2D eigenvalue weighted by molar-refractivity contribution is 0.344. The van der Waals surface area contributed by atoms with Crippen LogP contribution < -0.4 is 5.32 Å². The van der Waals surface area contributed by atoms with Crippen molar-refractivity contribution in [3.63, 3.8) is 0 Å². The second-order valence-electron chi connectivity index (χ2n) is 5.54. The standard InChI is InChI=1S/C15H17N3O/c1-2-7-13-12(6-1)11(9-16-13)8-14-17-15(18-19-14)10-4-3-5-10/h1-2,6-7,10-11,16H,3-5,8-9H2. The van der Waals surface area contributed by atoms with Crippen molar-refractivity contribution in [2.24, 2.45) is 0 Å². The first kappa shape index (κ1) is 11.0. The second kappa shape index (κ2) is 4.37. The molecule has 1 N–H and O–H groups in total. The van der Waals surface area contributed by atoms with Crippen molar-refractivity contribution >= 4 is 5.69 Å². The number of nitrogens with one attached hydrogen (secondary N) is 1. The lowest BCUT2D eigenvalue weighted by atomic mass is 9.85. The molecule has 0 spiro atoms. The van der Waals surface area contributed by atoms with Crippen LogP contribution in [-0.2, 0) is 6.42 Å². The zero-order valence-corrected chi connectivity index (χ0v) is 10.8. The molecule has 2 aromatic rings. The molecule has 1 fully saturated rings. The van der Waals surface area contributed by atoms with Gasteiger partial charge in [0.2, 0.25) is 5.89 Å².